The second-order valence-corrected chi connectivity index (χ2v) is 6.16. The molecule has 0 aliphatic heterocycles. The summed E-state index contributed by atoms with van der Waals surface area (Å²) in [5.41, 5.74) is 11.4. The first-order valence-electron chi connectivity index (χ1n) is 7.87. The van der Waals surface area contributed by atoms with Crippen LogP contribution in [0.2, 0.25) is 0 Å². The number of ether oxygens (including phenoxy) is 1. The minimum atomic E-state index is 0.284. The summed E-state index contributed by atoms with van der Waals surface area (Å²) in [6, 6.07) is 2.49. The molecule has 0 saturated carbocycles. The van der Waals surface area contributed by atoms with Crippen LogP contribution in [0.15, 0.2) is 6.07 Å². The Bertz CT molecular complexity index is 438. The van der Waals surface area contributed by atoms with Gasteiger partial charge in [0.15, 0.2) is 0 Å². The van der Waals surface area contributed by atoms with Crippen molar-refractivity contribution in [3.8, 4) is 5.75 Å². The van der Waals surface area contributed by atoms with E-state index >= 15 is 0 Å². The van der Waals surface area contributed by atoms with E-state index in [0.717, 1.165) is 31.6 Å². The van der Waals surface area contributed by atoms with Crippen molar-refractivity contribution in [2.75, 3.05) is 6.61 Å². The van der Waals surface area contributed by atoms with Gasteiger partial charge in [-0.05, 0) is 81.2 Å². The van der Waals surface area contributed by atoms with Gasteiger partial charge in [0.05, 0.1) is 6.61 Å². The molecular formula is C18H31NO. The highest BCUT2D eigenvalue weighted by molar-refractivity contribution is 5.49. The zero-order chi connectivity index (χ0) is 15.3. The lowest BCUT2D eigenvalue weighted by atomic mass is 9.86. The van der Waals surface area contributed by atoms with E-state index < -0.39 is 0 Å². The van der Waals surface area contributed by atoms with Crippen molar-refractivity contribution >= 4 is 0 Å². The van der Waals surface area contributed by atoms with Crippen molar-refractivity contribution in [1.82, 2.24) is 0 Å². The molecule has 1 aromatic rings. The lowest BCUT2D eigenvalue weighted by Gasteiger charge is -2.22. The largest absolute Gasteiger partial charge is 0.493 e. The monoisotopic (exact) mass is 277 g/mol. The normalized spacial score (nSPS) is 14.2. The van der Waals surface area contributed by atoms with Gasteiger partial charge in [-0.3, -0.25) is 0 Å². The average Bonchev–Trinajstić information content (AvgIpc) is 2.39. The molecule has 0 amide bonds. The van der Waals surface area contributed by atoms with Gasteiger partial charge in [-0.1, -0.05) is 13.8 Å². The minimum absolute atomic E-state index is 0.284. The molecule has 0 heterocycles. The third-order valence-corrected chi connectivity index (χ3v) is 4.12. The fourth-order valence-electron chi connectivity index (χ4n) is 2.84. The average molecular weight is 277 g/mol. The number of benzene rings is 1. The molecule has 0 radical (unpaired) electrons. The molecule has 2 atom stereocenters. The predicted molar refractivity (Wildman–Crippen MR) is 87.7 cm³/mol. The fourth-order valence-corrected chi connectivity index (χ4v) is 2.84. The lowest BCUT2D eigenvalue weighted by Crippen LogP contribution is -2.16. The van der Waals surface area contributed by atoms with Gasteiger partial charge in [-0.15, -0.1) is 0 Å². The first-order valence-corrected chi connectivity index (χ1v) is 7.87. The highest BCUT2D eigenvalue weighted by Crippen LogP contribution is 2.34. The van der Waals surface area contributed by atoms with Crippen molar-refractivity contribution in [2.45, 2.75) is 72.8 Å². The Hall–Kier alpha value is -1.02. The van der Waals surface area contributed by atoms with Gasteiger partial charge in [0, 0.05) is 6.04 Å². The molecule has 0 fully saturated rings. The third kappa shape index (κ3) is 4.24. The maximum atomic E-state index is 5.88. The molecular weight excluding hydrogens is 246 g/mol. The van der Waals surface area contributed by atoms with Crippen LogP contribution in [0.5, 0.6) is 5.75 Å². The van der Waals surface area contributed by atoms with Gasteiger partial charge in [0.25, 0.3) is 0 Å². The quantitative estimate of drug-likeness (QED) is 0.788. The van der Waals surface area contributed by atoms with Crippen LogP contribution in [0.1, 0.15) is 68.2 Å². The van der Waals surface area contributed by atoms with Crippen LogP contribution in [-0.2, 0) is 0 Å². The van der Waals surface area contributed by atoms with E-state index in [-0.39, 0.29) is 6.04 Å². The lowest BCUT2D eigenvalue weighted by molar-refractivity contribution is 0.314. The Labute approximate surface area is 124 Å². The van der Waals surface area contributed by atoms with E-state index in [4.69, 9.17) is 10.5 Å². The Morgan fingerprint density at radius 3 is 2.30 bits per heavy atom. The molecule has 0 aromatic heterocycles. The molecule has 0 aliphatic rings. The molecule has 0 bridgehead atoms. The first kappa shape index (κ1) is 17.0. The summed E-state index contributed by atoms with van der Waals surface area (Å²) < 4.78 is 5.86. The van der Waals surface area contributed by atoms with Gasteiger partial charge in [-0.25, -0.2) is 0 Å². The maximum absolute atomic E-state index is 5.88. The van der Waals surface area contributed by atoms with Crippen LogP contribution in [0.25, 0.3) is 0 Å². The Balaban J connectivity index is 3.00. The molecule has 2 unspecified atom stereocenters. The number of aryl methyl sites for hydroxylation is 1. The highest BCUT2D eigenvalue weighted by Gasteiger charge is 2.16. The van der Waals surface area contributed by atoms with Crippen molar-refractivity contribution in [1.29, 1.82) is 0 Å². The van der Waals surface area contributed by atoms with Crippen molar-refractivity contribution in [3.05, 3.63) is 28.3 Å². The number of hydrogen-bond donors (Lipinski definition) is 1. The molecule has 2 nitrogen and oxygen atoms in total. The predicted octanol–water partition coefficient (Wildman–Crippen LogP) is 4.63. The summed E-state index contributed by atoms with van der Waals surface area (Å²) in [7, 11) is 0. The summed E-state index contributed by atoms with van der Waals surface area (Å²) in [4.78, 5) is 0. The summed E-state index contributed by atoms with van der Waals surface area (Å²) in [6.07, 6.45) is 3.27. The molecule has 20 heavy (non-hydrogen) atoms. The van der Waals surface area contributed by atoms with Crippen LogP contribution in [-0.4, -0.2) is 12.6 Å². The molecule has 2 N–H and O–H groups in total. The second kappa shape index (κ2) is 7.68. The van der Waals surface area contributed by atoms with E-state index in [1.165, 1.54) is 22.3 Å². The van der Waals surface area contributed by atoms with Crippen LogP contribution in [0.4, 0.5) is 0 Å². The number of hydrogen-bond acceptors (Lipinski definition) is 2. The summed E-state index contributed by atoms with van der Waals surface area (Å²) >= 11 is 0. The van der Waals surface area contributed by atoms with Crippen LogP contribution in [0, 0.1) is 20.8 Å². The van der Waals surface area contributed by atoms with Crippen LogP contribution in [0.3, 0.4) is 0 Å². The van der Waals surface area contributed by atoms with Gasteiger partial charge in [0.1, 0.15) is 5.75 Å². The van der Waals surface area contributed by atoms with E-state index in [1.807, 2.05) is 0 Å². The molecule has 2 heteroatoms. The summed E-state index contributed by atoms with van der Waals surface area (Å²) in [5, 5.41) is 0. The molecule has 0 aliphatic carbocycles. The smallest absolute Gasteiger partial charge is 0.122 e. The number of rotatable bonds is 7. The first-order chi connectivity index (χ1) is 9.38. The molecule has 0 saturated heterocycles. The van der Waals surface area contributed by atoms with E-state index in [1.54, 1.807) is 0 Å². The highest BCUT2D eigenvalue weighted by atomic mass is 16.5. The van der Waals surface area contributed by atoms with Gasteiger partial charge < -0.3 is 10.5 Å². The van der Waals surface area contributed by atoms with Gasteiger partial charge >= 0.3 is 0 Å². The molecule has 114 valence electrons. The molecule has 0 spiro atoms. The van der Waals surface area contributed by atoms with Crippen molar-refractivity contribution in [3.63, 3.8) is 0 Å². The molecule has 1 aromatic carbocycles. The topological polar surface area (TPSA) is 35.2 Å². The molecule has 1 rings (SSSR count). The Morgan fingerprint density at radius 1 is 1.10 bits per heavy atom. The zero-order valence-electron chi connectivity index (χ0n) is 14.0. The second-order valence-electron chi connectivity index (χ2n) is 6.16. The minimum Gasteiger partial charge on any atom is -0.493 e. The van der Waals surface area contributed by atoms with Crippen LogP contribution >= 0.6 is 0 Å². The maximum Gasteiger partial charge on any atom is 0.122 e. The third-order valence-electron chi connectivity index (χ3n) is 4.12. The standard InChI is InChI=1S/C18H31NO/c1-7-10-20-17-11-13(3)18(16(6)15(17)5)12(2)8-9-14(4)19/h11-12,14H,7-10,19H2,1-6H3. The zero-order valence-corrected chi connectivity index (χ0v) is 14.0. The Morgan fingerprint density at radius 2 is 1.75 bits per heavy atom. The van der Waals surface area contributed by atoms with E-state index in [2.05, 4.69) is 47.6 Å². The fraction of sp³-hybridized carbons (Fsp3) is 0.667. The van der Waals surface area contributed by atoms with E-state index in [9.17, 15) is 0 Å². The van der Waals surface area contributed by atoms with E-state index in [0.29, 0.717) is 5.92 Å². The SMILES string of the molecule is CCCOc1cc(C)c(C(C)CCC(C)N)c(C)c1C. The number of nitrogens with two attached hydrogens (primary N) is 1. The Kier molecular flexibility index (Phi) is 6.54. The summed E-state index contributed by atoms with van der Waals surface area (Å²) in [5.74, 6) is 1.60. The van der Waals surface area contributed by atoms with Gasteiger partial charge in [-0.2, -0.15) is 0 Å². The van der Waals surface area contributed by atoms with Crippen LogP contribution < -0.4 is 10.5 Å². The summed E-state index contributed by atoms with van der Waals surface area (Å²) in [6.45, 7) is 13.9. The van der Waals surface area contributed by atoms with Crippen molar-refractivity contribution < 1.29 is 4.74 Å². The van der Waals surface area contributed by atoms with Crippen molar-refractivity contribution in [2.24, 2.45) is 5.73 Å². The van der Waals surface area contributed by atoms with Gasteiger partial charge in [0.2, 0.25) is 0 Å².